The average Bonchev–Trinajstić information content (AvgIpc) is 2.95. The summed E-state index contributed by atoms with van der Waals surface area (Å²) in [6.07, 6.45) is 7.90. The van der Waals surface area contributed by atoms with Gasteiger partial charge in [-0.2, -0.15) is 4.98 Å². The van der Waals surface area contributed by atoms with E-state index in [4.69, 9.17) is 0 Å². The van der Waals surface area contributed by atoms with Gasteiger partial charge in [-0.05, 0) is 31.1 Å². The lowest BCUT2D eigenvalue weighted by atomic mass is 9.90. The Kier molecular flexibility index (Phi) is 2.73. The van der Waals surface area contributed by atoms with Crippen LogP contribution in [0.5, 0.6) is 0 Å². The second-order valence-electron chi connectivity index (χ2n) is 5.45. The standard InChI is InChI=1S/C14H20N4/c1-8-7-16-14(15-3)18-13(8)17-12-9(2)10-4-5-11(12)6-10/h4-5,7,9-12H,6H2,1-3H3,(H2,15,16,17,18). The van der Waals surface area contributed by atoms with Crippen molar-refractivity contribution in [3.8, 4) is 0 Å². The maximum atomic E-state index is 4.51. The van der Waals surface area contributed by atoms with E-state index in [-0.39, 0.29) is 0 Å². The third-order valence-corrected chi connectivity index (χ3v) is 4.35. The van der Waals surface area contributed by atoms with Crippen molar-refractivity contribution in [3.05, 3.63) is 23.9 Å². The van der Waals surface area contributed by atoms with E-state index in [2.05, 4.69) is 46.6 Å². The summed E-state index contributed by atoms with van der Waals surface area (Å²) < 4.78 is 0. The van der Waals surface area contributed by atoms with Crippen LogP contribution >= 0.6 is 0 Å². The van der Waals surface area contributed by atoms with E-state index in [0.29, 0.717) is 23.8 Å². The average molecular weight is 244 g/mol. The molecule has 1 aromatic rings. The molecule has 0 spiro atoms. The Hall–Kier alpha value is -1.58. The van der Waals surface area contributed by atoms with Crippen molar-refractivity contribution in [1.82, 2.24) is 9.97 Å². The maximum absolute atomic E-state index is 4.51. The predicted octanol–water partition coefficient (Wildman–Crippen LogP) is 2.45. The minimum absolute atomic E-state index is 0.512. The molecule has 0 aliphatic heterocycles. The monoisotopic (exact) mass is 244 g/mol. The topological polar surface area (TPSA) is 49.8 Å². The SMILES string of the molecule is CNc1ncc(C)c(NC2C3C=CC(C3)C2C)n1. The quantitative estimate of drug-likeness (QED) is 0.802. The summed E-state index contributed by atoms with van der Waals surface area (Å²) in [5.74, 6) is 3.74. The van der Waals surface area contributed by atoms with Gasteiger partial charge in [0, 0.05) is 24.8 Å². The van der Waals surface area contributed by atoms with Crippen molar-refractivity contribution >= 4 is 11.8 Å². The Balaban J connectivity index is 1.82. The molecule has 4 atom stereocenters. The highest BCUT2D eigenvalue weighted by Crippen LogP contribution is 2.44. The van der Waals surface area contributed by atoms with Gasteiger partial charge in [0.2, 0.25) is 5.95 Å². The Morgan fingerprint density at radius 2 is 2.06 bits per heavy atom. The van der Waals surface area contributed by atoms with Crippen molar-refractivity contribution in [2.24, 2.45) is 17.8 Å². The fourth-order valence-electron chi connectivity index (χ4n) is 3.17. The van der Waals surface area contributed by atoms with Gasteiger partial charge < -0.3 is 10.6 Å². The number of nitrogens with zero attached hydrogens (tertiary/aromatic N) is 2. The molecule has 4 nitrogen and oxygen atoms in total. The molecule has 0 radical (unpaired) electrons. The third-order valence-electron chi connectivity index (χ3n) is 4.35. The van der Waals surface area contributed by atoms with Gasteiger partial charge in [-0.25, -0.2) is 4.98 Å². The maximum Gasteiger partial charge on any atom is 0.224 e. The van der Waals surface area contributed by atoms with Crippen LogP contribution in [0.2, 0.25) is 0 Å². The van der Waals surface area contributed by atoms with E-state index in [1.807, 2.05) is 13.2 Å². The molecule has 18 heavy (non-hydrogen) atoms. The molecule has 1 heterocycles. The van der Waals surface area contributed by atoms with Crippen LogP contribution < -0.4 is 10.6 Å². The van der Waals surface area contributed by atoms with Crippen molar-refractivity contribution in [3.63, 3.8) is 0 Å². The predicted molar refractivity (Wildman–Crippen MR) is 73.6 cm³/mol. The highest BCUT2D eigenvalue weighted by Gasteiger charge is 2.42. The summed E-state index contributed by atoms with van der Waals surface area (Å²) in [5.41, 5.74) is 1.10. The van der Waals surface area contributed by atoms with E-state index in [9.17, 15) is 0 Å². The molecule has 0 amide bonds. The Bertz CT molecular complexity index is 483. The molecule has 2 aliphatic carbocycles. The molecular formula is C14H20N4. The van der Waals surface area contributed by atoms with E-state index in [1.54, 1.807) is 0 Å². The van der Waals surface area contributed by atoms with Gasteiger partial charge in [0.25, 0.3) is 0 Å². The molecule has 2 aliphatic rings. The molecule has 2 bridgehead atoms. The molecule has 2 N–H and O–H groups in total. The Morgan fingerprint density at radius 3 is 2.72 bits per heavy atom. The van der Waals surface area contributed by atoms with Gasteiger partial charge in [-0.15, -0.1) is 0 Å². The van der Waals surface area contributed by atoms with Crippen LogP contribution in [-0.4, -0.2) is 23.1 Å². The number of aryl methyl sites for hydroxylation is 1. The number of allylic oxidation sites excluding steroid dienone is 1. The number of fused-ring (bicyclic) bond motifs is 2. The molecule has 1 aromatic heterocycles. The van der Waals surface area contributed by atoms with Crippen molar-refractivity contribution in [2.45, 2.75) is 26.3 Å². The van der Waals surface area contributed by atoms with Gasteiger partial charge in [0.1, 0.15) is 5.82 Å². The summed E-state index contributed by atoms with van der Waals surface area (Å²) in [6.45, 7) is 4.39. The first kappa shape index (κ1) is 11.5. The summed E-state index contributed by atoms with van der Waals surface area (Å²) in [4.78, 5) is 8.74. The van der Waals surface area contributed by atoms with Crippen molar-refractivity contribution in [2.75, 3.05) is 17.7 Å². The van der Waals surface area contributed by atoms with Crippen LogP contribution in [0.4, 0.5) is 11.8 Å². The zero-order chi connectivity index (χ0) is 12.7. The molecule has 4 heteroatoms. The normalized spacial score (nSPS) is 32.8. The first-order valence-electron chi connectivity index (χ1n) is 6.65. The van der Waals surface area contributed by atoms with Crippen LogP contribution in [0, 0.1) is 24.7 Å². The van der Waals surface area contributed by atoms with E-state index < -0.39 is 0 Å². The summed E-state index contributed by atoms with van der Waals surface area (Å²) in [5, 5.41) is 6.61. The van der Waals surface area contributed by atoms with Gasteiger partial charge >= 0.3 is 0 Å². The van der Waals surface area contributed by atoms with Crippen LogP contribution in [0.1, 0.15) is 18.9 Å². The second-order valence-corrected chi connectivity index (χ2v) is 5.45. The lowest BCUT2D eigenvalue weighted by molar-refractivity contribution is 0.451. The zero-order valence-electron chi connectivity index (χ0n) is 11.1. The van der Waals surface area contributed by atoms with Crippen molar-refractivity contribution in [1.29, 1.82) is 0 Å². The van der Waals surface area contributed by atoms with Crippen molar-refractivity contribution < 1.29 is 0 Å². The fraction of sp³-hybridized carbons (Fsp3) is 0.571. The summed E-state index contributed by atoms with van der Waals surface area (Å²) in [6, 6.07) is 0.512. The number of hydrogen-bond donors (Lipinski definition) is 2. The van der Waals surface area contributed by atoms with Gasteiger partial charge in [0.05, 0.1) is 0 Å². The third kappa shape index (κ3) is 1.76. The summed E-state index contributed by atoms with van der Waals surface area (Å²) >= 11 is 0. The summed E-state index contributed by atoms with van der Waals surface area (Å²) in [7, 11) is 1.84. The molecular weight excluding hydrogens is 224 g/mol. The van der Waals surface area contributed by atoms with Crippen LogP contribution in [0.3, 0.4) is 0 Å². The van der Waals surface area contributed by atoms with Gasteiger partial charge in [0.15, 0.2) is 0 Å². The van der Waals surface area contributed by atoms with Gasteiger partial charge in [-0.1, -0.05) is 19.1 Å². The lowest BCUT2D eigenvalue weighted by Crippen LogP contribution is -2.31. The van der Waals surface area contributed by atoms with Crippen LogP contribution in [0.25, 0.3) is 0 Å². The minimum atomic E-state index is 0.512. The number of nitrogens with one attached hydrogen (secondary N) is 2. The molecule has 1 saturated carbocycles. The highest BCUT2D eigenvalue weighted by molar-refractivity contribution is 5.48. The number of aromatic nitrogens is 2. The molecule has 96 valence electrons. The van der Waals surface area contributed by atoms with Gasteiger partial charge in [-0.3, -0.25) is 0 Å². The Labute approximate surface area is 108 Å². The number of anilines is 2. The largest absolute Gasteiger partial charge is 0.366 e. The smallest absolute Gasteiger partial charge is 0.224 e. The molecule has 1 fully saturated rings. The second kappa shape index (κ2) is 4.26. The first-order chi connectivity index (χ1) is 8.69. The minimum Gasteiger partial charge on any atom is -0.366 e. The van der Waals surface area contributed by atoms with E-state index in [0.717, 1.165) is 17.3 Å². The molecule has 4 unspecified atom stereocenters. The number of rotatable bonds is 3. The number of hydrogen-bond acceptors (Lipinski definition) is 4. The zero-order valence-corrected chi connectivity index (χ0v) is 11.1. The Morgan fingerprint density at radius 1 is 1.28 bits per heavy atom. The van der Waals surface area contributed by atoms with E-state index >= 15 is 0 Å². The molecule has 3 rings (SSSR count). The molecule has 0 saturated heterocycles. The highest BCUT2D eigenvalue weighted by atomic mass is 15.1. The van der Waals surface area contributed by atoms with Crippen LogP contribution in [0.15, 0.2) is 18.3 Å². The first-order valence-corrected chi connectivity index (χ1v) is 6.65. The molecule has 0 aromatic carbocycles. The van der Waals surface area contributed by atoms with E-state index in [1.165, 1.54) is 6.42 Å². The lowest BCUT2D eigenvalue weighted by Gasteiger charge is -2.27. The fourth-order valence-corrected chi connectivity index (χ4v) is 3.17. The van der Waals surface area contributed by atoms with Crippen LogP contribution in [-0.2, 0) is 0 Å².